The standard InChI is InChI=1S/C23H20N6OS/c1-2-5-16(6-3-1)18-13-19-21(25-15-18)31-23-26-20(17-7-4-8-24-14-17)27-29(23)22(19)28-9-11-30-12-10-28/h1-8,13-15,22H,9-12H2. The Morgan fingerprint density at radius 3 is 2.58 bits per heavy atom. The maximum absolute atomic E-state index is 5.62. The van der Waals surface area contributed by atoms with Crippen molar-refractivity contribution in [2.24, 2.45) is 0 Å². The topological polar surface area (TPSA) is 69.0 Å². The van der Waals surface area contributed by atoms with E-state index in [1.54, 1.807) is 24.2 Å². The minimum Gasteiger partial charge on any atom is -0.379 e. The van der Waals surface area contributed by atoms with Gasteiger partial charge in [0.05, 0.1) is 13.2 Å². The summed E-state index contributed by atoms with van der Waals surface area (Å²) in [5, 5.41) is 6.74. The van der Waals surface area contributed by atoms with E-state index in [0.717, 1.165) is 45.5 Å². The Balaban J connectivity index is 1.48. The molecule has 1 unspecified atom stereocenters. The number of fused-ring (bicyclic) bond motifs is 2. The van der Waals surface area contributed by atoms with Crippen molar-refractivity contribution < 1.29 is 4.74 Å². The van der Waals surface area contributed by atoms with Gasteiger partial charge < -0.3 is 4.74 Å². The highest BCUT2D eigenvalue weighted by molar-refractivity contribution is 7.99. The Labute approximate surface area is 184 Å². The SMILES string of the molecule is c1ccc(-c2cnc3c(c2)C(N2CCOCC2)n2nc(-c4cccnc4)nc2S3)cc1. The molecule has 0 saturated carbocycles. The molecule has 1 atom stereocenters. The van der Waals surface area contributed by atoms with E-state index in [1.807, 2.05) is 29.1 Å². The lowest BCUT2D eigenvalue weighted by atomic mass is 10.0. The van der Waals surface area contributed by atoms with Gasteiger partial charge >= 0.3 is 0 Å². The fourth-order valence-corrected chi connectivity index (χ4v) is 5.00. The second kappa shape index (κ2) is 7.88. The van der Waals surface area contributed by atoms with Crippen LogP contribution in [0.4, 0.5) is 0 Å². The van der Waals surface area contributed by atoms with Gasteiger partial charge in [-0.15, -0.1) is 5.10 Å². The van der Waals surface area contributed by atoms with Crippen LogP contribution in [0.5, 0.6) is 0 Å². The summed E-state index contributed by atoms with van der Waals surface area (Å²) in [6, 6.07) is 16.5. The molecule has 1 aromatic carbocycles. The van der Waals surface area contributed by atoms with Crippen LogP contribution in [0.2, 0.25) is 0 Å². The van der Waals surface area contributed by atoms with Gasteiger partial charge in [0.1, 0.15) is 11.2 Å². The quantitative estimate of drug-likeness (QED) is 0.492. The zero-order valence-corrected chi connectivity index (χ0v) is 17.6. The molecule has 0 radical (unpaired) electrons. The Kier molecular flexibility index (Phi) is 4.75. The van der Waals surface area contributed by atoms with Gasteiger partial charge in [-0.1, -0.05) is 30.3 Å². The van der Waals surface area contributed by atoms with E-state index >= 15 is 0 Å². The number of pyridine rings is 2. The zero-order valence-electron chi connectivity index (χ0n) is 16.8. The van der Waals surface area contributed by atoms with Gasteiger partial charge in [-0.2, -0.15) is 0 Å². The van der Waals surface area contributed by atoms with Crippen LogP contribution in [0.25, 0.3) is 22.5 Å². The van der Waals surface area contributed by atoms with E-state index in [9.17, 15) is 0 Å². The number of hydrogen-bond donors (Lipinski definition) is 0. The van der Waals surface area contributed by atoms with Gasteiger partial charge in [-0.25, -0.2) is 14.6 Å². The third kappa shape index (κ3) is 3.42. The second-order valence-electron chi connectivity index (χ2n) is 7.51. The van der Waals surface area contributed by atoms with Crippen LogP contribution < -0.4 is 0 Å². The Bertz CT molecular complexity index is 1210. The number of morpholine rings is 1. The number of hydrogen-bond acceptors (Lipinski definition) is 7. The predicted molar refractivity (Wildman–Crippen MR) is 118 cm³/mol. The van der Waals surface area contributed by atoms with Crippen molar-refractivity contribution in [3.05, 3.63) is 72.7 Å². The third-order valence-corrected chi connectivity index (χ3v) is 6.59. The fourth-order valence-electron chi connectivity index (χ4n) is 4.07. The number of ether oxygens (including phenoxy) is 1. The fraction of sp³-hybridized carbons (Fsp3) is 0.217. The highest BCUT2D eigenvalue weighted by atomic mass is 32.2. The maximum Gasteiger partial charge on any atom is 0.194 e. The van der Waals surface area contributed by atoms with Crippen molar-refractivity contribution in [2.45, 2.75) is 16.3 Å². The Hall–Kier alpha value is -3.07. The van der Waals surface area contributed by atoms with Crippen molar-refractivity contribution in [2.75, 3.05) is 26.3 Å². The molecule has 1 saturated heterocycles. The van der Waals surface area contributed by atoms with Crippen molar-refractivity contribution in [1.29, 1.82) is 0 Å². The highest BCUT2D eigenvalue weighted by Gasteiger charge is 2.35. The summed E-state index contributed by atoms with van der Waals surface area (Å²) in [6.45, 7) is 3.10. The van der Waals surface area contributed by atoms with Crippen LogP contribution in [-0.4, -0.2) is 55.9 Å². The summed E-state index contributed by atoms with van der Waals surface area (Å²) in [6.07, 6.45) is 5.44. The van der Waals surface area contributed by atoms with Gasteiger partial charge in [0.15, 0.2) is 11.0 Å². The molecule has 6 rings (SSSR count). The molecule has 0 spiro atoms. The largest absolute Gasteiger partial charge is 0.379 e. The highest BCUT2D eigenvalue weighted by Crippen LogP contribution is 2.42. The van der Waals surface area contributed by atoms with Crippen LogP contribution >= 0.6 is 11.8 Å². The molecule has 0 aliphatic carbocycles. The molecule has 2 aliphatic rings. The van der Waals surface area contributed by atoms with Crippen LogP contribution in [-0.2, 0) is 4.74 Å². The van der Waals surface area contributed by atoms with Crippen molar-refractivity contribution in [1.82, 2.24) is 29.6 Å². The van der Waals surface area contributed by atoms with Crippen LogP contribution in [0.1, 0.15) is 11.7 Å². The van der Waals surface area contributed by atoms with E-state index in [-0.39, 0.29) is 6.17 Å². The molecule has 31 heavy (non-hydrogen) atoms. The molecule has 0 amide bonds. The number of aromatic nitrogens is 5. The smallest absolute Gasteiger partial charge is 0.194 e. The molecule has 0 N–H and O–H groups in total. The van der Waals surface area contributed by atoms with Crippen LogP contribution in [0, 0.1) is 0 Å². The minimum atomic E-state index is -0.0655. The molecule has 7 nitrogen and oxygen atoms in total. The minimum absolute atomic E-state index is 0.0655. The number of benzene rings is 1. The number of rotatable bonds is 3. The van der Waals surface area contributed by atoms with Gasteiger partial charge in [-0.3, -0.25) is 9.88 Å². The van der Waals surface area contributed by atoms with E-state index < -0.39 is 0 Å². The van der Waals surface area contributed by atoms with Crippen LogP contribution in [0.3, 0.4) is 0 Å². The lowest BCUT2D eigenvalue weighted by Gasteiger charge is -2.37. The first-order valence-corrected chi connectivity index (χ1v) is 11.1. The Morgan fingerprint density at radius 2 is 1.77 bits per heavy atom. The van der Waals surface area contributed by atoms with Gasteiger partial charge in [0, 0.05) is 48.4 Å². The molecule has 1 fully saturated rings. The average molecular weight is 429 g/mol. The molecule has 4 aromatic rings. The van der Waals surface area contributed by atoms with Crippen molar-refractivity contribution in [3.63, 3.8) is 0 Å². The summed E-state index contributed by atoms with van der Waals surface area (Å²) in [5.41, 5.74) is 4.33. The van der Waals surface area contributed by atoms with E-state index in [1.165, 1.54) is 0 Å². The molecular formula is C23H20N6OS. The summed E-state index contributed by atoms with van der Waals surface area (Å²) in [7, 11) is 0. The third-order valence-electron chi connectivity index (χ3n) is 5.60. The van der Waals surface area contributed by atoms with Crippen molar-refractivity contribution >= 4 is 11.8 Å². The predicted octanol–water partition coefficient (Wildman–Crippen LogP) is 3.75. The molecule has 2 aliphatic heterocycles. The van der Waals surface area contributed by atoms with Crippen LogP contribution in [0.15, 0.2) is 77.3 Å². The zero-order chi connectivity index (χ0) is 20.6. The summed E-state index contributed by atoms with van der Waals surface area (Å²) in [4.78, 5) is 16.3. The van der Waals surface area contributed by atoms with E-state index in [2.05, 4.69) is 40.2 Å². The lowest BCUT2D eigenvalue weighted by molar-refractivity contribution is 0.00286. The second-order valence-corrected chi connectivity index (χ2v) is 8.47. The summed E-state index contributed by atoms with van der Waals surface area (Å²) >= 11 is 1.57. The van der Waals surface area contributed by atoms with Crippen molar-refractivity contribution in [3.8, 4) is 22.5 Å². The molecular weight excluding hydrogens is 408 g/mol. The van der Waals surface area contributed by atoms with E-state index in [4.69, 9.17) is 19.8 Å². The molecule has 5 heterocycles. The summed E-state index contributed by atoms with van der Waals surface area (Å²) < 4.78 is 7.66. The normalized spacial score (nSPS) is 18.4. The first-order chi connectivity index (χ1) is 15.4. The lowest BCUT2D eigenvalue weighted by Crippen LogP contribution is -2.43. The molecule has 0 bridgehead atoms. The first-order valence-electron chi connectivity index (χ1n) is 10.3. The van der Waals surface area contributed by atoms with Gasteiger partial charge in [-0.05, 0) is 35.5 Å². The number of nitrogens with zero attached hydrogens (tertiary/aromatic N) is 6. The van der Waals surface area contributed by atoms with Gasteiger partial charge in [0.2, 0.25) is 0 Å². The van der Waals surface area contributed by atoms with E-state index in [0.29, 0.717) is 19.0 Å². The van der Waals surface area contributed by atoms with Gasteiger partial charge in [0.25, 0.3) is 0 Å². The maximum atomic E-state index is 5.62. The molecule has 8 heteroatoms. The Morgan fingerprint density at radius 1 is 0.935 bits per heavy atom. The summed E-state index contributed by atoms with van der Waals surface area (Å²) in [5.74, 6) is 0.685. The monoisotopic (exact) mass is 428 g/mol. The first kappa shape index (κ1) is 18.7. The molecule has 154 valence electrons. The molecule has 3 aromatic heterocycles. The average Bonchev–Trinajstić information content (AvgIpc) is 3.27.